The number of hydrogen-bond acceptors (Lipinski definition) is 3. The SMILES string of the molecule is COc1cc(Br)cc(OC(C)C)c1COC(C)C. The molecule has 0 heterocycles. The fraction of sp³-hybridized carbons (Fsp3) is 0.571. The van der Waals surface area contributed by atoms with Crippen LogP contribution in [-0.2, 0) is 11.3 Å². The molecule has 1 aromatic rings. The van der Waals surface area contributed by atoms with Crippen molar-refractivity contribution in [3.8, 4) is 11.5 Å². The lowest BCUT2D eigenvalue weighted by Crippen LogP contribution is -2.10. The molecule has 4 heteroatoms. The third-order valence-corrected chi connectivity index (χ3v) is 2.73. The molecule has 0 saturated heterocycles. The lowest BCUT2D eigenvalue weighted by atomic mass is 10.2. The average molecular weight is 317 g/mol. The second-order valence-electron chi connectivity index (χ2n) is 4.61. The smallest absolute Gasteiger partial charge is 0.130 e. The van der Waals surface area contributed by atoms with Crippen molar-refractivity contribution in [1.82, 2.24) is 0 Å². The van der Waals surface area contributed by atoms with E-state index in [0.717, 1.165) is 21.5 Å². The molecular weight excluding hydrogens is 296 g/mol. The van der Waals surface area contributed by atoms with Crippen LogP contribution in [0.15, 0.2) is 16.6 Å². The number of rotatable bonds is 6. The summed E-state index contributed by atoms with van der Waals surface area (Å²) in [5, 5.41) is 0. The van der Waals surface area contributed by atoms with E-state index in [9.17, 15) is 0 Å². The Labute approximate surface area is 118 Å². The van der Waals surface area contributed by atoms with Crippen molar-refractivity contribution in [1.29, 1.82) is 0 Å². The summed E-state index contributed by atoms with van der Waals surface area (Å²) < 4.78 is 17.8. The van der Waals surface area contributed by atoms with Crippen molar-refractivity contribution in [3.63, 3.8) is 0 Å². The van der Waals surface area contributed by atoms with Gasteiger partial charge in [0.15, 0.2) is 0 Å². The number of hydrogen-bond donors (Lipinski definition) is 0. The maximum atomic E-state index is 5.81. The Kier molecular flexibility index (Phi) is 5.96. The molecule has 18 heavy (non-hydrogen) atoms. The molecule has 3 nitrogen and oxygen atoms in total. The largest absolute Gasteiger partial charge is 0.496 e. The molecule has 0 fully saturated rings. The summed E-state index contributed by atoms with van der Waals surface area (Å²) in [5.74, 6) is 1.58. The summed E-state index contributed by atoms with van der Waals surface area (Å²) in [4.78, 5) is 0. The lowest BCUT2D eigenvalue weighted by molar-refractivity contribution is 0.0620. The quantitative estimate of drug-likeness (QED) is 0.788. The highest BCUT2D eigenvalue weighted by atomic mass is 79.9. The van der Waals surface area contributed by atoms with E-state index in [-0.39, 0.29) is 12.2 Å². The van der Waals surface area contributed by atoms with E-state index in [0.29, 0.717) is 6.61 Å². The minimum Gasteiger partial charge on any atom is -0.496 e. The van der Waals surface area contributed by atoms with E-state index < -0.39 is 0 Å². The maximum Gasteiger partial charge on any atom is 0.130 e. The second kappa shape index (κ2) is 7.00. The van der Waals surface area contributed by atoms with E-state index in [2.05, 4.69) is 15.9 Å². The summed E-state index contributed by atoms with van der Waals surface area (Å²) in [6, 6.07) is 3.87. The predicted octanol–water partition coefficient (Wildman–Crippen LogP) is 4.17. The van der Waals surface area contributed by atoms with Crippen molar-refractivity contribution in [2.24, 2.45) is 0 Å². The van der Waals surface area contributed by atoms with Gasteiger partial charge in [0.1, 0.15) is 11.5 Å². The van der Waals surface area contributed by atoms with Crippen LogP contribution >= 0.6 is 15.9 Å². The topological polar surface area (TPSA) is 27.7 Å². The summed E-state index contributed by atoms with van der Waals surface area (Å²) in [7, 11) is 1.65. The first-order valence-electron chi connectivity index (χ1n) is 6.08. The Morgan fingerprint density at radius 2 is 1.67 bits per heavy atom. The number of ether oxygens (including phenoxy) is 3. The van der Waals surface area contributed by atoms with Gasteiger partial charge >= 0.3 is 0 Å². The van der Waals surface area contributed by atoms with Gasteiger partial charge in [0.05, 0.1) is 31.5 Å². The molecule has 102 valence electrons. The van der Waals surface area contributed by atoms with E-state index in [1.807, 2.05) is 39.8 Å². The van der Waals surface area contributed by atoms with Crippen LogP contribution in [0, 0.1) is 0 Å². The monoisotopic (exact) mass is 316 g/mol. The Hall–Kier alpha value is -0.740. The summed E-state index contributed by atoms with van der Waals surface area (Å²) in [6.45, 7) is 8.50. The number of halogens is 1. The zero-order valence-electron chi connectivity index (χ0n) is 11.6. The van der Waals surface area contributed by atoms with Crippen LogP contribution in [0.25, 0.3) is 0 Å². The standard InChI is InChI=1S/C14H21BrO3/c1-9(2)17-8-12-13(16-5)6-11(15)7-14(12)18-10(3)4/h6-7,9-10H,8H2,1-5H3. The zero-order valence-corrected chi connectivity index (χ0v) is 13.2. The van der Waals surface area contributed by atoms with Crippen LogP contribution < -0.4 is 9.47 Å². The minimum absolute atomic E-state index is 0.113. The molecule has 0 aliphatic heterocycles. The van der Waals surface area contributed by atoms with Gasteiger partial charge in [0, 0.05) is 4.47 Å². The third kappa shape index (κ3) is 4.50. The summed E-state index contributed by atoms with van der Waals surface area (Å²) in [6.07, 6.45) is 0.284. The van der Waals surface area contributed by atoms with Crippen molar-refractivity contribution >= 4 is 15.9 Å². The first-order chi connectivity index (χ1) is 8.43. The molecule has 0 saturated carbocycles. The Morgan fingerprint density at radius 3 is 2.17 bits per heavy atom. The molecular formula is C14H21BrO3. The molecule has 0 aliphatic carbocycles. The minimum atomic E-state index is 0.113. The second-order valence-corrected chi connectivity index (χ2v) is 5.53. The molecule has 0 amide bonds. The molecule has 1 aromatic carbocycles. The van der Waals surface area contributed by atoms with Crippen molar-refractivity contribution in [2.45, 2.75) is 46.5 Å². The van der Waals surface area contributed by atoms with Gasteiger partial charge in [0.25, 0.3) is 0 Å². The van der Waals surface area contributed by atoms with Crippen LogP contribution in [0.2, 0.25) is 0 Å². The molecule has 0 aromatic heterocycles. The molecule has 0 radical (unpaired) electrons. The fourth-order valence-corrected chi connectivity index (χ4v) is 1.94. The highest BCUT2D eigenvalue weighted by Gasteiger charge is 2.14. The van der Waals surface area contributed by atoms with Crippen LogP contribution in [-0.4, -0.2) is 19.3 Å². The van der Waals surface area contributed by atoms with Crippen molar-refractivity contribution in [3.05, 3.63) is 22.2 Å². The van der Waals surface area contributed by atoms with E-state index in [4.69, 9.17) is 14.2 Å². The van der Waals surface area contributed by atoms with Crippen molar-refractivity contribution in [2.75, 3.05) is 7.11 Å². The van der Waals surface area contributed by atoms with Crippen LogP contribution in [0.3, 0.4) is 0 Å². The fourth-order valence-electron chi connectivity index (χ4n) is 1.52. The van der Waals surface area contributed by atoms with Gasteiger partial charge in [0.2, 0.25) is 0 Å². The van der Waals surface area contributed by atoms with Crippen LogP contribution in [0.1, 0.15) is 33.3 Å². The normalized spacial score (nSPS) is 11.1. The molecule has 0 bridgehead atoms. The first kappa shape index (κ1) is 15.3. The predicted molar refractivity (Wildman–Crippen MR) is 76.4 cm³/mol. The molecule has 0 unspecified atom stereocenters. The first-order valence-corrected chi connectivity index (χ1v) is 6.88. The maximum absolute atomic E-state index is 5.81. The van der Waals surface area contributed by atoms with E-state index >= 15 is 0 Å². The van der Waals surface area contributed by atoms with Crippen LogP contribution in [0.5, 0.6) is 11.5 Å². The number of methoxy groups -OCH3 is 1. The van der Waals surface area contributed by atoms with Crippen molar-refractivity contribution < 1.29 is 14.2 Å². The Balaban J connectivity index is 3.07. The molecule has 0 aliphatic rings. The van der Waals surface area contributed by atoms with Gasteiger partial charge in [-0.05, 0) is 39.8 Å². The molecule has 0 spiro atoms. The Morgan fingerprint density at radius 1 is 1.06 bits per heavy atom. The van der Waals surface area contributed by atoms with Gasteiger partial charge in [-0.25, -0.2) is 0 Å². The molecule has 0 N–H and O–H groups in total. The number of benzene rings is 1. The molecule has 1 rings (SSSR count). The highest BCUT2D eigenvalue weighted by Crippen LogP contribution is 2.34. The van der Waals surface area contributed by atoms with Gasteiger partial charge in [-0.15, -0.1) is 0 Å². The van der Waals surface area contributed by atoms with Crippen LogP contribution in [0.4, 0.5) is 0 Å². The zero-order chi connectivity index (χ0) is 13.7. The Bertz CT molecular complexity index is 389. The van der Waals surface area contributed by atoms with E-state index in [1.54, 1.807) is 7.11 Å². The lowest BCUT2D eigenvalue weighted by Gasteiger charge is -2.18. The average Bonchev–Trinajstić information content (AvgIpc) is 2.25. The summed E-state index contributed by atoms with van der Waals surface area (Å²) >= 11 is 3.46. The summed E-state index contributed by atoms with van der Waals surface area (Å²) in [5.41, 5.74) is 0.947. The van der Waals surface area contributed by atoms with Gasteiger partial charge in [-0.3, -0.25) is 0 Å². The third-order valence-electron chi connectivity index (χ3n) is 2.28. The molecule has 0 atom stereocenters. The van der Waals surface area contributed by atoms with Gasteiger partial charge in [-0.1, -0.05) is 15.9 Å². The highest BCUT2D eigenvalue weighted by molar-refractivity contribution is 9.10. The van der Waals surface area contributed by atoms with Gasteiger partial charge in [-0.2, -0.15) is 0 Å². The van der Waals surface area contributed by atoms with E-state index in [1.165, 1.54) is 0 Å². The van der Waals surface area contributed by atoms with Gasteiger partial charge < -0.3 is 14.2 Å².